The molecule has 96 valence electrons. The fraction of sp³-hybridized carbons (Fsp3) is 0.429. The van der Waals surface area contributed by atoms with Crippen molar-refractivity contribution >= 4 is 0 Å². The lowest BCUT2D eigenvalue weighted by Crippen LogP contribution is -2.32. The molecule has 0 saturated heterocycles. The minimum absolute atomic E-state index is 0.531. The van der Waals surface area contributed by atoms with E-state index in [-0.39, 0.29) is 0 Å². The maximum atomic E-state index is 4.30. The first kappa shape index (κ1) is 12.8. The van der Waals surface area contributed by atoms with E-state index in [1.54, 1.807) is 6.20 Å². The third-order valence-corrected chi connectivity index (χ3v) is 3.26. The number of nitrogens with zero attached hydrogens (tertiary/aromatic N) is 3. The van der Waals surface area contributed by atoms with Gasteiger partial charge in [0.05, 0.1) is 6.54 Å². The van der Waals surface area contributed by atoms with Crippen LogP contribution in [0.25, 0.3) is 0 Å². The third-order valence-electron chi connectivity index (χ3n) is 3.26. The Morgan fingerprint density at radius 3 is 2.61 bits per heavy atom. The van der Waals surface area contributed by atoms with Crippen LogP contribution in [0.3, 0.4) is 0 Å². The summed E-state index contributed by atoms with van der Waals surface area (Å²) in [6.07, 6.45) is 8.49. The predicted molar refractivity (Wildman–Crippen MR) is 71.8 cm³/mol. The summed E-state index contributed by atoms with van der Waals surface area (Å²) in [5.74, 6) is 1.02. The van der Waals surface area contributed by atoms with Crippen LogP contribution in [0, 0.1) is 0 Å². The summed E-state index contributed by atoms with van der Waals surface area (Å²) in [7, 11) is 0. The normalized spacial score (nSPS) is 12.8. The van der Waals surface area contributed by atoms with Crippen molar-refractivity contribution in [1.29, 1.82) is 0 Å². The fourth-order valence-corrected chi connectivity index (χ4v) is 1.93. The largest absolute Gasteiger partial charge is 0.348 e. The van der Waals surface area contributed by atoms with Crippen molar-refractivity contribution in [3.05, 3.63) is 48.3 Å². The molecular formula is C14H20N4. The van der Waals surface area contributed by atoms with Crippen LogP contribution in [0.2, 0.25) is 0 Å². The van der Waals surface area contributed by atoms with E-state index in [4.69, 9.17) is 0 Å². The van der Waals surface area contributed by atoms with Gasteiger partial charge < -0.3 is 4.98 Å². The lowest BCUT2D eigenvalue weighted by Gasteiger charge is -2.27. The number of H-pyrrole nitrogens is 1. The summed E-state index contributed by atoms with van der Waals surface area (Å²) in [6, 6.07) is 4.66. The number of pyridine rings is 1. The van der Waals surface area contributed by atoms with Crippen molar-refractivity contribution in [2.75, 3.05) is 0 Å². The van der Waals surface area contributed by atoms with E-state index >= 15 is 0 Å². The molecule has 2 aromatic heterocycles. The van der Waals surface area contributed by atoms with Crippen molar-refractivity contribution in [3.63, 3.8) is 0 Å². The molecule has 1 N–H and O–H groups in total. The number of imidazole rings is 1. The zero-order chi connectivity index (χ0) is 12.8. The van der Waals surface area contributed by atoms with Crippen molar-refractivity contribution in [2.24, 2.45) is 0 Å². The van der Waals surface area contributed by atoms with E-state index in [0.717, 1.165) is 25.3 Å². The van der Waals surface area contributed by atoms with Crippen LogP contribution in [0.1, 0.15) is 31.7 Å². The van der Waals surface area contributed by atoms with Gasteiger partial charge in [-0.2, -0.15) is 0 Å². The van der Waals surface area contributed by atoms with E-state index in [1.165, 1.54) is 5.56 Å². The molecule has 0 fully saturated rings. The molecular weight excluding hydrogens is 224 g/mol. The summed E-state index contributed by atoms with van der Waals surface area (Å²) in [5.41, 5.74) is 1.29. The summed E-state index contributed by atoms with van der Waals surface area (Å²) in [5, 5.41) is 0. The van der Waals surface area contributed by atoms with Crippen LogP contribution in [0.15, 0.2) is 36.9 Å². The molecule has 1 atom stereocenters. The number of hydrogen-bond acceptors (Lipinski definition) is 3. The molecule has 0 aromatic carbocycles. The molecule has 0 aliphatic rings. The Hall–Kier alpha value is -1.68. The topological polar surface area (TPSA) is 44.8 Å². The van der Waals surface area contributed by atoms with Gasteiger partial charge in [-0.15, -0.1) is 0 Å². The van der Waals surface area contributed by atoms with Gasteiger partial charge in [0.15, 0.2) is 0 Å². The van der Waals surface area contributed by atoms with Gasteiger partial charge in [-0.1, -0.05) is 6.92 Å². The second-order valence-corrected chi connectivity index (χ2v) is 4.55. The van der Waals surface area contributed by atoms with Crippen molar-refractivity contribution in [2.45, 2.75) is 39.4 Å². The van der Waals surface area contributed by atoms with Gasteiger partial charge >= 0.3 is 0 Å². The first-order valence-corrected chi connectivity index (χ1v) is 6.40. The molecule has 0 bridgehead atoms. The van der Waals surface area contributed by atoms with Gasteiger partial charge in [0, 0.05) is 37.4 Å². The number of aromatic amines is 1. The minimum atomic E-state index is 0.531. The van der Waals surface area contributed by atoms with Crippen LogP contribution in [0.4, 0.5) is 0 Å². The van der Waals surface area contributed by atoms with E-state index in [9.17, 15) is 0 Å². The highest BCUT2D eigenvalue weighted by Gasteiger charge is 2.14. The Kier molecular flexibility index (Phi) is 4.47. The lowest BCUT2D eigenvalue weighted by molar-refractivity contribution is 0.182. The number of hydrogen-bond donors (Lipinski definition) is 1. The van der Waals surface area contributed by atoms with Crippen molar-refractivity contribution < 1.29 is 0 Å². The molecule has 2 heterocycles. The van der Waals surface area contributed by atoms with Gasteiger partial charge in [0.2, 0.25) is 0 Å². The molecule has 0 unspecified atom stereocenters. The minimum Gasteiger partial charge on any atom is -0.348 e. The van der Waals surface area contributed by atoms with Gasteiger partial charge in [0.25, 0.3) is 0 Å². The maximum Gasteiger partial charge on any atom is 0.120 e. The van der Waals surface area contributed by atoms with Crippen LogP contribution in [0.5, 0.6) is 0 Å². The molecule has 4 heteroatoms. The zero-order valence-electron chi connectivity index (χ0n) is 11.0. The molecule has 0 saturated carbocycles. The van der Waals surface area contributed by atoms with Crippen LogP contribution >= 0.6 is 0 Å². The highest BCUT2D eigenvalue weighted by molar-refractivity contribution is 5.09. The fourth-order valence-electron chi connectivity index (χ4n) is 1.93. The van der Waals surface area contributed by atoms with Crippen molar-refractivity contribution in [3.8, 4) is 0 Å². The predicted octanol–water partition coefficient (Wildman–Crippen LogP) is 2.61. The van der Waals surface area contributed by atoms with Gasteiger partial charge in [-0.25, -0.2) is 4.98 Å². The van der Waals surface area contributed by atoms with Gasteiger partial charge in [0.1, 0.15) is 5.82 Å². The molecule has 0 spiro atoms. The Labute approximate surface area is 108 Å². The van der Waals surface area contributed by atoms with E-state index in [2.05, 4.69) is 45.8 Å². The quantitative estimate of drug-likeness (QED) is 0.849. The molecule has 4 nitrogen and oxygen atoms in total. The average Bonchev–Trinajstić information content (AvgIpc) is 2.91. The van der Waals surface area contributed by atoms with E-state index < -0.39 is 0 Å². The summed E-state index contributed by atoms with van der Waals surface area (Å²) >= 11 is 0. The Bertz CT molecular complexity index is 438. The average molecular weight is 244 g/mol. The highest BCUT2D eigenvalue weighted by atomic mass is 15.2. The molecule has 0 radical (unpaired) electrons. The Morgan fingerprint density at radius 1 is 1.22 bits per heavy atom. The molecule has 0 aliphatic heterocycles. The summed E-state index contributed by atoms with van der Waals surface area (Å²) in [6.45, 7) is 6.25. The molecule has 0 amide bonds. The second-order valence-electron chi connectivity index (χ2n) is 4.55. The Balaban J connectivity index is 2.06. The van der Waals surface area contributed by atoms with E-state index in [0.29, 0.717) is 6.04 Å². The first-order valence-electron chi connectivity index (χ1n) is 6.40. The molecule has 0 aliphatic carbocycles. The summed E-state index contributed by atoms with van der Waals surface area (Å²) < 4.78 is 0. The third kappa shape index (κ3) is 3.40. The number of nitrogens with one attached hydrogen (secondary N) is 1. The molecule has 2 rings (SSSR count). The highest BCUT2D eigenvalue weighted by Crippen LogP contribution is 2.12. The monoisotopic (exact) mass is 244 g/mol. The smallest absolute Gasteiger partial charge is 0.120 e. The number of rotatable bonds is 6. The first-order chi connectivity index (χ1) is 8.79. The zero-order valence-corrected chi connectivity index (χ0v) is 11.0. The Morgan fingerprint density at radius 2 is 2.00 bits per heavy atom. The van der Waals surface area contributed by atoms with Crippen LogP contribution in [-0.4, -0.2) is 25.9 Å². The standard InChI is InChI=1S/C14H20N4/c1-3-12(2)18(11-14-16-8-9-17-14)10-13-4-6-15-7-5-13/h4-9,12H,3,10-11H2,1-2H3,(H,16,17)/t12-/m1/s1. The van der Waals surface area contributed by atoms with Gasteiger partial charge in [-0.3, -0.25) is 9.88 Å². The van der Waals surface area contributed by atoms with Crippen LogP contribution in [-0.2, 0) is 13.1 Å². The van der Waals surface area contributed by atoms with E-state index in [1.807, 2.05) is 18.6 Å². The SMILES string of the molecule is CC[C@@H](C)N(Cc1ccncc1)Cc1ncc[nH]1. The summed E-state index contributed by atoms with van der Waals surface area (Å²) in [4.78, 5) is 14.0. The lowest BCUT2D eigenvalue weighted by atomic mass is 10.1. The maximum absolute atomic E-state index is 4.30. The number of aromatic nitrogens is 3. The molecule has 18 heavy (non-hydrogen) atoms. The molecule has 2 aromatic rings. The second kappa shape index (κ2) is 6.31. The van der Waals surface area contributed by atoms with Crippen LogP contribution < -0.4 is 0 Å². The van der Waals surface area contributed by atoms with Crippen molar-refractivity contribution in [1.82, 2.24) is 19.9 Å². The van der Waals surface area contributed by atoms with Gasteiger partial charge in [-0.05, 0) is 31.0 Å².